The van der Waals surface area contributed by atoms with E-state index in [2.05, 4.69) is 0 Å². The molecule has 0 aliphatic carbocycles. The molecular weight excluding hydrogens is 253 g/mol. The number of halogens is 1. The molecule has 1 aromatic heterocycles. The highest BCUT2D eigenvalue weighted by Gasteiger charge is 2.18. The maximum atomic E-state index is 13.3. The van der Waals surface area contributed by atoms with E-state index in [9.17, 15) is 13.4 Å². The Kier molecular flexibility index (Phi) is 3.72. The first-order valence-corrected chi connectivity index (χ1v) is 6.90. The van der Waals surface area contributed by atoms with Crippen LogP contribution < -0.4 is 0 Å². The standard InChI is InChI=1S/C13H12FNO2S/c1-18(17)13-5-4-10(14)8-11(13)12(9-16)15-6-2-3-7-15/h2-9,12H,1H3. The molecule has 18 heavy (non-hydrogen) atoms. The molecule has 5 heteroatoms. The molecule has 0 aliphatic heterocycles. The minimum absolute atomic E-state index is 0.432. The summed E-state index contributed by atoms with van der Waals surface area (Å²) in [4.78, 5) is 11.7. The van der Waals surface area contributed by atoms with E-state index in [4.69, 9.17) is 0 Å². The van der Waals surface area contributed by atoms with Crippen molar-refractivity contribution in [1.29, 1.82) is 0 Å². The summed E-state index contributed by atoms with van der Waals surface area (Å²) in [6.45, 7) is 0. The van der Waals surface area contributed by atoms with Crippen LogP contribution >= 0.6 is 0 Å². The van der Waals surface area contributed by atoms with Crippen molar-refractivity contribution in [3.63, 3.8) is 0 Å². The second-order valence-corrected chi connectivity index (χ2v) is 5.20. The van der Waals surface area contributed by atoms with Crippen LogP contribution in [0.2, 0.25) is 0 Å². The average molecular weight is 265 g/mol. The van der Waals surface area contributed by atoms with Crippen molar-refractivity contribution in [1.82, 2.24) is 4.57 Å². The number of carbonyl (C=O) groups excluding carboxylic acids is 1. The first-order valence-electron chi connectivity index (χ1n) is 5.34. The van der Waals surface area contributed by atoms with Gasteiger partial charge in [0.05, 0.1) is 10.8 Å². The highest BCUT2D eigenvalue weighted by Crippen LogP contribution is 2.24. The maximum absolute atomic E-state index is 13.3. The first-order chi connectivity index (χ1) is 8.63. The lowest BCUT2D eigenvalue weighted by Gasteiger charge is -2.16. The third kappa shape index (κ3) is 2.41. The van der Waals surface area contributed by atoms with Crippen LogP contribution in [0.5, 0.6) is 0 Å². The fourth-order valence-corrected chi connectivity index (χ4v) is 2.62. The van der Waals surface area contributed by atoms with Gasteiger partial charge in [-0.2, -0.15) is 0 Å². The van der Waals surface area contributed by atoms with E-state index < -0.39 is 22.7 Å². The molecule has 0 spiro atoms. The average Bonchev–Trinajstić information content (AvgIpc) is 2.83. The molecule has 0 fully saturated rings. The molecular formula is C13H12FNO2S. The number of nitrogens with zero attached hydrogens (tertiary/aromatic N) is 1. The third-order valence-corrected chi connectivity index (χ3v) is 3.67. The van der Waals surface area contributed by atoms with Crippen molar-refractivity contribution in [2.45, 2.75) is 10.9 Å². The monoisotopic (exact) mass is 265 g/mol. The summed E-state index contributed by atoms with van der Waals surface area (Å²) in [5.74, 6) is -0.446. The number of carbonyl (C=O) groups is 1. The Morgan fingerprint density at radius 2 is 2.00 bits per heavy atom. The number of hydrogen-bond donors (Lipinski definition) is 0. The maximum Gasteiger partial charge on any atom is 0.147 e. The van der Waals surface area contributed by atoms with Gasteiger partial charge in [0.2, 0.25) is 0 Å². The van der Waals surface area contributed by atoms with E-state index in [0.29, 0.717) is 16.7 Å². The molecule has 2 rings (SSSR count). The molecule has 1 aromatic carbocycles. The smallest absolute Gasteiger partial charge is 0.147 e. The summed E-state index contributed by atoms with van der Waals surface area (Å²) >= 11 is 0. The van der Waals surface area contributed by atoms with Crippen molar-refractivity contribution < 1.29 is 13.4 Å². The van der Waals surface area contributed by atoms with Gasteiger partial charge in [-0.1, -0.05) is 0 Å². The summed E-state index contributed by atoms with van der Waals surface area (Å²) in [6.07, 6.45) is 5.65. The van der Waals surface area contributed by atoms with Gasteiger partial charge in [-0.15, -0.1) is 0 Å². The van der Waals surface area contributed by atoms with E-state index in [0.717, 1.165) is 0 Å². The van der Waals surface area contributed by atoms with E-state index >= 15 is 0 Å². The van der Waals surface area contributed by atoms with E-state index in [1.54, 1.807) is 29.1 Å². The minimum Gasteiger partial charge on any atom is -0.340 e. The summed E-state index contributed by atoms with van der Waals surface area (Å²) in [7, 11) is -1.27. The van der Waals surface area contributed by atoms with Crippen molar-refractivity contribution in [3.05, 3.63) is 54.1 Å². The minimum atomic E-state index is -1.27. The Hall–Kier alpha value is -1.75. The Balaban J connectivity index is 2.57. The zero-order valence-electron chi connectivity index (χ0n) is 9.75. The molecule has 2 aromatic rings. The van der Waals surface area contributed by atoms with Crippen LogP contribution in [0.15, 0.2) is 47.6 Å². The fraction of sp³-hybridized carbons (Fsp3) is 0.154. The van der Waals surface area contributed by atoms with E-state index in [-0.39, 0.29) is 0 Å². The van der Waals surface area contributed by atoms with E-state index in [1.165, 1.54) is 24.5 Å². The molecule has 0 bridgehead atoms. The fourth-order valence-electron chi connectivity index (χ4n) is 1.85. The van der Waals surface area contributed by atoms with Crippen molar-refractivity contribution in [2.24, 2.45) is 0 Å². The number of rotatable bonds is 4. The quantitative estimate of drug-likeness (QED) is 0.795. The van der Waals surface area contributed by atoms with Gasteiger partial charge in [0.15, 0.2) is 0 Å². The molecule has 0 saturated carbocycles. The van der Waals surface area contributed by atoms with Crippen LogP contribution in [0.4, 0.5) is 4.39 Å². The second-order valence-electron chi connectivity index (χ2n) is 3.85. The highest BCUT2D eigenvalue weighted by molar-refractivity contribution is 7.84. The Bertz CT molecular complexity index is 581. The van der Waals surface area contributed by atoms with Crippen LogP contribution in [0.25, 0.3) is 0 Å². The topological polar surface area (TPSA) is 39.1 Å². The van der Waals surface area contributed by atoms with Gasteiger partial charge in [-0.25, -0.2) is 4.39 Å². The van der Waals surface area contributed by atoms with Gasteiger partial charge in [-0.3, -0.25) is 4.21 Å². The molecule has 0 radical (unpaired) electrons. The van der Waals surface area contributed by atoms with E-state index in [1.807, 2.05) is 0 Å². The first kappa shape index (κ1) is 12.7. The SMILES string of the molecule is CS(=O)c1ccc(F)cc1C(C=O)n1cccc1. The molecule has 2 unspecified atom stereocenters. The summed E-state index contributed by atoms with van der Waals surface area (Å²) in [5, 5.41) is 0. The van der Waals surface area contributed by atoms with Gasteiger partial charge in [-0.05, 0) is 30.3 Å². The van der Waals surface area contributed by atoms with Crippen LogP contribution in [0.1, 0.15) is 11.6 Å². The van der Waals surface area contributed by atoms with Crippen LogP contribution in [0, 0.1) is 5.82 Å². The predicted molar refractivity (Wildman–Crippen MR) is 67.4 cm³/mol. The lowest BCUT2D eigenvalue weighted by Crippen LogP contribution is -2.13. The third-order valence-electron chi connectivity index (χ3n) is 2.68. The number of aldehydes is 1. The van der Waals surface area contributed by atoms with Gasteiger partial charge in [0, 0.05) is 29.1 Å². The van der Waals surface area contributed by atoms with Crippen molar-refractivity contribution >= 4 is 17.1 Å². The number of aromatic nitrogens is 1. The summed E-state index contributed by atoms with van der Waals surface area (Å²) < 4.78 is 26.6. The zero-order valence-corrected chi connectivity index (χ0v) is 10.6. The lowest BCUT2D eigenvalue weighted by molar-refractivity contribution is -0.109. The molecule has 0 amide bonds. The van der Waals surface area contributed by atoms with Gasteiger partial charge in [0.1, 0.15) is 18.1 Å². The summed E-state index contributed by atoms with van der Waals surface area (Å²) in [6, 6.07) is 6.86. The molecule has 0 N–H and O–H groups in total. The Morgan fingerprint density at radius 3 is 2.56 bits per heavy atom. The number of hydrogen-bond acceptors (Lipinski definition) is 2. The molecule has 3 nitrogen and oxygen atoms in total. The van der Waals surface area contributed by atoms with Crippen molar-refractivity contribution in [2.75, 3.05) is 6.26 Å². The molecule has 0 saturated heterocycles. The molecule has 0 aliphatic rings. The Labute approximate surface area is 107 Å². The predicted octanol–water partition coefficient (Wildman–Crippen LogP) is 2.15. The highest BCUT2D eigenvalue weighted by atomic mass is 32.2. The Morgan fingerprint density at radius 1 is 1.33 bits per heavy atom. The summed E-state index contributed by atoms with van der Waals surface area (Å²) in [5.41, 5.74) is 0.432. The largest absolute Gasteiger partial charge is 0.340 e. The van der Waals surface area contributed by atoms with Crippen molar-refractivity contribution in [3.8, 4) is 0 Å². The molecule has 2 atom stereocenters. The number of benzene rings is 1. The van der Waals surface area contributed by atoms with Gasteiger partial charge >= 0.3 is 0 Å². The molecule has 1 heterocycles. The normalized spacial score (nSPS) is 14.1. The second kappa shape index (κ2) is 5.27. The van der Waals surface area contributed by atoms with Crippen LogP contribution in [-0.4, -0.2) is 21.3 Å². The van der Waals surface area contributed by atoms with Gasteiger partial charge < -0.3 is 9.36 Å². The molecule has 94 valence electrons. The zero-order chi connectivity index (χ0) is 13.1. The van der Waals surface area contributed by atoms with Crippen LogP contribution in [0.3, 0.4) is 0 Å². The van der Waals surface area contributed by atoms with Crippen LogP contribution in [-0.2, 0) is 15.6 Å². The van der Waals surface area contributed by atoms with Gasteiger partial charge in [0.25, 0.3) is 0 Å². The lowest BCUT2D eigenvalue weighted by atomic mass is 10.1.